The summed E-state index contributed by atoms with van der Waals surface area (Å²) in [5.41, 5.74) is 4.86. The lowest BCUT2D eigenvalue weighted by molar-refractivity contribution is 0.163. The fourth-order valence-electron chi connectivity index (χ4n) is 4.02. The van der Waals surface area contributed by atoms with Gasteiger partial charge in [0, 0.05) is 12.6 Å². The predicted molar refractivity (Wildman–Crippen MR) is 103 cm³/mol. The highest BCUT2D eigenvalue weighted by Crippen LogP contribution is 2.34. The first kappa shape index (κ1) is 17.1. The SMILES string of the molecule is Fc1ccc2c(c1)C=C(C1CCCCN1Cc1ccc(Cl)c(Cl)c1)C2. The van der Waals surface area contributed by atoms with Gasteiger partial charge >= 0.3 is 0 Å². The highest BCUT2D eigenvalue weighted by atomic mass is 35.5. The molecule has 1 unspecified atom stereocenters. The van der Waals surface area contributed by atoms with E-state index in [-0.39, 0.29) is 5.82 Å². The molecular formula is C21H20Cl2FN. The van der Waals surface area contributed by atoms with Crippen LogP contribution in [0.3, 0.4) is 0 Å². The molecule has 4 heteroatoms. The third-order valence-corrected chi connectivity index (χ3v) is 5.99. The van der Waals surface area contributed by atoms with E-state index < -0.39 is 0 Å². The van der Waals surface area contributed by atoms with E-state index in [1.54, 1.807) is 12.1 Å². The van der Waals surface area contributed by atoms with Crippen LogP contribution in [-0.4, -0.2) is 17.5 Å². The minimum atomic E-state index is -0.160. The number of benzene rings is 2. The highest BCUT2D eigenvalue weighted by molar-refractivity contribution is 6.42. The molecule has 2 aliphatic rings. The average Bonchev–Trinajstić information content (AvgIpc) is 3.01. The zero-order chi connectivity index (χ0) is 17.4. The van der Waals surface area contributed by atoms with Crippen LogP contribution in [-0.2, 0) is 13.0 Å². The van der Waals surface area contributed by atoms with Crippen LogP contribution in [0.2, 0.25) is 10.0 Å². The quantitative estimate of drug-likeness (QED) is 0.623. The third kappa shape index (κ3) is 3.62. The molecule has 1 aliphatic carbocycles. The number of fused-ring (bicyclic) bond motifs is 1. The van der Waals surface area contributed by atoms with Gasteiger partial charge in [-0.05, 0) is 72.3 Å². The van der Waals surface area contributed by atoms with Gasteiger partial charge in [-0.25, -0.2) is 4.39 Å². The Bertz CT molecular complexity index is 831. The molecule has 2 aromatic rings. The maximum atomic E-state index is 13.5. The average molecular weight is 376 g/mol. The molecular weight excluding hydrogens is 356 g/mol. The van der Waals surface area contributed by atoms with Gasteiger partial charge in [-0.2, -0.15) is 0 Å². The molecule has 0 N–H and O–H groups in total. The van der Waals surface area contributed by atoms with Crippen LogP contribution in [0.4, 0.5) is 4.39 Å². The van der Waals surface area contributed by atoms with Crippen molar-refractivity contribution >= 4 is 29.3 Å². The van der Waals surface area contributed by atoms with E-state index in [0.717, 1.165) is 31.5 Å². The molecule has 1 heterocycles. The zero-order valence-corrected chi connectivity index (χ0v) is 15.5. The maximum Gasteiger partial charge on any atom is 0.123 e. The molecule has 4 rings (SSSR count). The van der Waals surface area contributed by atoms with Crippen molar-refractivity contribution in [2.45, 2.75) is 38.3 Å². The van der Waals surface area contributed by atoms with Crippen molar-refractivity contribution in [1.29, 1.82) is 0 Å². The van der Waals surface area contributed by atoms with Crippen LogP contribution in [0.5, 0.6) is 0 Å². The predicted octanol–water partition coefficient (Wildman–Crippen LogP) is 6.13. The number of likely N-dealkylation sites (tertiary alicyclic amines) is 1. The first-order valence-corrected chi connectivity index (χ1v) is 9.52. The van der Waals surface area contributed by atoms with Crippen LogP contribution in [0, 0.1) is 5.82 Å². The number of hydrogen-bond donors (Lipinski definition) is 0. The molecule has 0 saturated carbocycles. The summed E-state index contributed by atoms with van der Waals surface area (Å²) >= 11 is 12.2. The van der Waals surface area contributed by atoms with Crippen LogP contribution in [0.15, 0.2) is 42.0 Å². The number of nitrogens with zero attached hydrogens (tertiary/aromatic N) is 1. The molecule has 1 fully saturated rings. The van der Waals surface area contributed by atoms with Gasteiger partial charge in [-0.15, -0.1) is 0 Å². The second kappa shape index (κ2) is 7.11. The molecule has 25 heavy (non-hydrogen) atoms. The lowest BCUT2D eigenvalue weighted by Gasteiger charge is -2.37. The van der Waals surface area contributed by atoms with Gasteiger partial charge in [-0.3, -0.25) is 4.90 Å². The second-order valence-corrected chi connectivity index (χ2v) is 7.78. The Morgan fingerprint density at radius 1 is 1.04 bits per heavy atom. The first-order chi connectivity index (χ1) is 12.1. The molecule has 1 atom stereocenters. The summed E-state index contributed by atoms with van der Waals surface area (Å²) in [7, 11) is 0. The molecule has 0 bridgehead atoms. The van der Waals surface area contributed by atoms with E-state index in [4.69, 9.17) is 23.2 Å². The van der Waals surface area contributed by atoms with Crippen LogP contribution >= 0.6 is 23.2 Å². The Balaban J connectivity index is 1.55. The van der Waals surface area contributed by atoms with E-state index in [2.05, 4.69) is 11.0 Å². The number of rotatable bonds is 3. The summed E-state index contributed by atoms with van der Waals surface area (Å²) in [5.74, 6) is -0.160. The fourth-order valence-corrected chi connectivity index (χ4v) is 4.34. The van der Waals surface area contributed by atoms with E-state index in [9.17, 15) is 4.39 Å². The fraction of sp³-hybridized carbons (Fsp3) is 0.333. The Kier molecular flexibility index (Phi) is 4.86. The van der Waals surface area contributed by atoms with Gasteiger partial charge in [-0.1, -0.05) is 47.8 Å². The summed E-state index contributed by atoms with van der Waals surface area (Å²) in [6.45, 7) is 1.94. The lowest BCUT2D eigenvalue weighted by Crippen LogP contribution is -2.40. The highest BCUT2D eigenvalue weighted by Gasteiger charge is 2.28. The third-order valence-electron chi connectivity index (χ3n) is 5.25. The van der Waals surface area contributed by atoms with Gasteiger partial charge in [0.05, 0.1) is 10.0 Å². The minimum absolute atomic E-state index is 0.160. The van der Waals surface area contributed by atoms with E-state index in [1.807, 2.05) is 24.3 Å². The van der Waals surface area contributed by atoms with Gasteiger partial charge in [0.2, 0.25) is 0 Å². The monoisotopic (exact) mass is 375 g/mol. The van der Waals surface area contributed by atoms with E-state index in [1.165, 1.54) is 29.5 Å². The van der Waals surface area contributed by atoms with Gasteiger partial charge in [0.25, 0.3) is 0 Å². The number of halogens is 3. The number of piperidine rings is 1. The normalized spacial score (nSPS) is 20.4. The smallest absolute Gasteiger partial charge is 0.123 e. The van der Waals surface area contributed by atoms with E-state index >= 15 is 0 Å². The van der Waals surface area contributed by atoms with Gasteiger partial charge in [0.1, 0.15) is 5.82 Å². The van der Waals surface area contributed by atoms with Crippen molar-refractivity contribution in [1.82, 2.24) is 4.90 Å². The summed E-state index contributed by atoms with van der Waals surface area (Å²) in [5, 5.41) is 1.20. The van der Waals surface area contributed by atoms with Crippen molar-refractivity contribution in [3.8, 4) is 0 Å². The zero-order valence-electron chi connectivity index (χ0n) is 13.9. The van der Waals surface area contributed by atoms with Crippen molar-refractivity contribution in [2.24, 2.45) is 0 Å². The molecule has 2 aromatic carbocycles. The Labute approximate surface area is 158 Å². The van der Waals surface area contributed by atoms with Crippen LogP contribution < -0.4 is 0 Å². The molecule has 1 aliphatic heterocycles. The van der Waals surface area contributed by atoms with Crippen molar-refractivity contribution < 1.29 is 4.39 Å². The Hall–Kier alpha value is -1.35. The summed E-state index contributed by atoms with van der Waals surface area (Å²) in [4.78, 5) is 2.52. The van der Waals surface area contributed by atoms with Gasteiger partial charge in [0.15, 0.2) is 0 Å². The Morgan fingerprint density at radius 3 is 2.76 bits per heavy atom. The van der Waals surface area contributed by atoms with Crippen LogP contribution in [0.25, 0.3) is 6.08 Å². The van der Waals surface area contributed by atoms with Crippen molar-refractivity contribution in [3.63, 3.8) is 0 Å². The second-order valence-electron chi connectivity index (χ2n) is 6.97. The molecule has 0 aromatic heterocycles. The largest absolute Gasteiger partial charge is 0.292 e. The molecule has 0 amide bonds. The summed E-state index contributed by atoms with van der Waals surface area (Å²) in [6, 6.07) is 11.4. The van der Waals surface area contributed by atoms with Crippen molar-refractivity contribution in [3.05, 3.63) is 74.5 Å². The van der Waals surface area contributed by atoms with Gasteiger partial charge < -0.3 is 0 Å². The maximum absolute atomic E-state index is 13.5. The molecule has 1 saturated heterocycles. The van der Waals surface area contributed by atoms with E-state index in [0.29, 0.717) is 16.1 Å². The first-order valence-electron chi connectivity index (χ1n) is 8.77. The van der Waals surface area contributed by atoms with Crippen molar-refractivity contribution in [2.75, 3.05) is 6.54 Å². The standard InChI is InChI=1S/C21H20Cl2FN/c22-19-7-4-14(9-20(19)23)13-25-8-2-1-3-21(25)17-10-15-5-6-18(24)12-16(15)11-17/h4-7,9,11-12,21H,1-3,8,10,13H2. The molecule has 0 spiro atoms. The summed E-state index contributed by atoms with van der Waals surface area (Å²) in [6.07, 6.45) is 6.73. The minimum Gasteiger partial charge on any atom is -0.292 e. The molecule has 130 valence electrons. The Morgan fingerprint density at radius 2 is 1.92 bits per heavy atom. The number of hydrogen-bond acceptors (Lipinski definition) is 1. The lowest BCUT2D eigenvalue weighted by atomic mass is 9.93. The molecule has 0 radical (unpaired) electrons. The summed E-state index contributed by atoms with van der Waals surface area (Å²) < 4.78 is 13.5. The molecule has 1 nitrogen and oxygen atoms in total. The topological polar surface area (TPSA) is 3.24 Å². The van der Waals surface area contributed by atoms with Crippen LogP contribution in [0.1, 0.15) is 36.0 Å².